The fraction of sp³-hybridized carbons (Fsp3) is 0.955. The largest absolute Gasteiger partial charge is 0.435 e. The summed E-state index contributed by atoms with van der Waals surface area (Å²) in [6.45, 7) is 8.68. The van der Waals surface area contributed by atoms with Crippen molar-refractivity contribution in [2.24, 2.45) is 17.3 Å². The Morgan fingerprint density at radius 1 is 0.960 bits per heavy atom. The number of ether oxygens (including phenoxy) is 2. The maximum atomic E-state index is 12.8. The molecule has 2 aliphatic rings. The van der Waals surface area contributed by atoms with Crippen LogP contribution < -0.4 is 0 Å². The normalized spacial score (nSPS) is 23.2. The van der Waals surface area contributed by atoms with E-state index in [1.165, 1.54) is 38.5 Å². The molecule has 3 heteroatoms. The molecule has 2 rings (SSSR count). The summed E-state index contributed by atoms with van der Waals surface area (Å²) in [6, 6.07) is 0. The molecule has 0 spiro atoms. The van der Waals surface area contributed by atoms with Gasteiger partial charge in [-0.2, -0.15) is 0 Å². The van der Waals surface area contributed by atoms with Gasteiger partial charge < -0.3 is 9.47 Å². The average Bonchev–Trinajstić information content (AvgIpc) is 2.60. The fourth-order valence-electron chi connectivity index (χ4n) is 4.38. The Balaban J connectivity index is 1.98. The fourth-order valence-corrected chi connectivity index (χ4v) is 4.38. The Bertz CT molecular complexity index is 387. The van der Waals surface area contributed by atoms with E-state index in [0.717, 1.165) is 38.5 Å². The summed E-state index contributed by atoms with van der Waals surface area (Å²) in [7, 11) is 0. The monoisotopic (exact) mass is 352 g/mol. The minimum Gasteiger partial charge on any atom is -0.435 e. The molecule has 0 saturated heterocycles. The van der Waals surface area contributed by atoms with Crippen molar-refractivity contribution in [3.8, 4) is 0 Å². The van der Waals surface area contributed by atoms with E-state index in [9.17, 15) is 4.79 Å². The van der Waals surface area contributed by atoms with E-state index in [-0.39, 0.29) is 29.7 Å². The zero-order chi connectivity index (χ0) is 18.3. The van der Waals surface area contributed by atoms with Crippen LogP contribution in [0.4, 0.5) is 0 Å². The molecule has 2 aliphatic carbocycles. The van der Waals surface area contributed by atoms with Gasteiger partial charge in [0.15, 0.2) is 0 Å². The smallest absolute Gasteiger partial charge is 0.311 e. The van der Waals surface area contributed by atoms with Crippen LogP contribution in [0, 0.1) is 17.3 Å². The molecule has 2 fully saturated rings. The van der Waals surface area contributed by atoms with Gasteiger partial charge in [0.1, 0.15) is 0 Å². The van der Waals surface area contributed by atoms with Crippen molar-refractivity contribution in [2.45, 2.75) is 117 Å². The summed E-state index contributed by atoms with van der Waals surface area (Å²) in [5.74, 6) is 0.344. The second-order valence-electron chi connectivity index (χ2n) is 9.47. The van der Waals surface area contributed by atoms with Gasteiger partial charge in [0.25, 0.3) is 0 Å². The zero-order valence-corrected chi connectivity index (χ0v) is 17.0. The minimum absolute atomic E-state index is 0.0129. The Morgan fingerprint density at radius 3 is 2.04 bits per heavy atom. The minimum atomic E-state index is -0.315. The first-order valence-electron chi connectivity index (χ1n) is 10.7. The molecule has 0 aromatic carbocycles. The first-order chi connectivity index (χ1) is 11.9. The predicted octanol–water partition coefficient (Wildman–Crippen LogP) is 6.25. The molecule has 2 unspecified atom stereocenters. The van der Waals surface area contributed by atoms with E-state index < -0.39 is 0 Å². The molecular weight excluding hydrogens is 312 g/mol. The van der Waals surface area contributed by atoms with Crippen LogP contribution in [0.15, 0.2) is 0 Å². The molecule has 25 heavy (non-hydrogen) atoms. The molecular formula is C22H40O3. The standard InChI is InChI=1S/C22H40O3/c1-5-17(16-22(2,3)4)20(23)25-21(18-12-8-6-9-13-18)24-19-14-10-7-11-15-19/h17-19,21H,5-16H2,1-4H3. The van der Waals surface area contributed by atoms with Gasteiger partial charge in [-0.05, 0) is 43.9 Å². The van der Waals surface area contributed by atoms with Gasteiger partial charge in [-0.15, -0.1) is 0 Å². The van der Waals surface area contributed by atoms with E-state index in [1.54, 1.807) is 0 Å². The van der Waals surface area contributed by atoms with Crippen LogP contribution in [0.5, 0.6) is 0 Å². The van der Waals surface area contributed by atoms with Gasteiger partial charge in [-0.3, -0.25) is 4.79 Å². The summed E-state index contributed by atoms with van der Waals surface area (Å²) in [6.07, 6.45) is 13.8. The maximum absolute atomic E-state index is 12.8. The topological polar surface area (TPSA) is 35.5 Å². The third-order valence-electron chi connectivity index (χ3n) is 5.83. The summed E-state index contributed by atoms with van der Waals surface area (Å²) in [4.78, 5) is 12.8. The van der Waals surface area contributed by atoms with Crippen LogP contribution in [-0.2, 0) is 14.3 Å². The Morgan fingerprint density at radius 2 is 1.52 bits per heavy atom. The van der Waals surface area contributed by atoms with Crippen molar-refractivity contribution in [3.05, 3.63) is 0 Å². The average molecular weight is 353 g/mol. The van der Waals surface area contributed by atoms with E-state index in [1.807, 2.05) is 0 Å². The highest BCUT2D eigenvalue weighted by Crippen LogP contribution is 2.33. The number of rotatable bonds is 7. The van der Waals surface area contributed by atoms with Crippen molar-refractivity contribution >= 4 is 5.97 Å². The number of hydrogen-bond donors (Lipinski definition) is 0. The van der Waals surface area contributed by atoms with Crippen LogP contribution in [0.3, 0.4) is 0 Å². The highest BCUT2D eigenvalue weighted by molar-refractivity contribution is 5.72. The molecule has 0 radical (unpaired) electrons. The maximum Gasteiger partial charge on any atom is 0.311 e. The molecule has 2 saturated carbocycles. The molecule has 0 aliphatic heterocycles. The van der Waals surface area contributed by atoms with Crippen LogP contribution in [0.25, 0.3) is 0 Å². The number of carbonyl (C=O) groups is 1. The lowest BCUT2D eigenvalue weighted by Gasteiger charge is -2.35. The van der Waals surface area contributed by atoms with Crippen LogP contribution in [0.2, 0.25) is 0 Å². The molecule has 0 aromatic heterocycles. The SMILES string of the molecule is CCC(CC(C)(C)C)C(=O)OC(OC1CCCCC1)C1CCCCC1. The molecule has 3 nitrogen and oxygen atoms in total. The zero-order valence-electron chi connectivity index (χ0n) is 17.0. The van der Waals surface area contributed by atoms with E-state index >= 15 is 0 Å². The number of hydrogen-bond acceptors (Lipinski definition) is 3. The summed E-state index contributed by atoms with van der Waals surface area (Å²) >= 11 is 0. The Labute approximate surface area is 155 Å². The van der Waals surface area contributed by atoms with Crippen molar-refractivity contribution in [3.63, 3.8) is 0 Å². The number of carbonyl (C=O) groups excluding carboxylic acids is 1. The number of esters is 1. The summed E-state index contributed by atoms with van der Waals surface area (Å²) in [5.41, 5.74) is 0.143. The second-order valence-corrected chi connectivity index (χ2v) is 9.47. The first kappa shape index (κ1) is 20.7. The third-order valence-corrected chi connectivity index (χ3v) is 5.83. The Hall–Kier alpha value is -0.570. The summed E-state index contributed by atoms with van der Waals surface area (Å²) in [5, 5.41) is 0. The molecule has 0 heterocycles. The molecule has 0 aromatic rings. The van der Waals surface area contributed by atoms with Crippen molar-refractivity contribution < 1.29 is 14.3 Å². The van der Waals surface area contributed by atoms with Gasteiger partial charge >= 0.3 is 5.97 Å². The van der Waals surface area contributed by atoms with Crippen molar-refractivity contribution in [1.29, 1.82) is 0 Å². The molecule has 146 valence electrons. The lowest BCUT2D eigenvalue weighted by Crippen LogP contribution is -2.37. The first-order valence-corrected chi connectivity index (χ1v) is 10.7. The van der Waals surface area contributed by atoms with E-state index in [2.05, 4.69) is 27.7 Å². The highest BCUT2D eigenvalue weighted by Gasteiger charge is 2.33. The molecule has 2 atom stereocenters. The second kappa shape index (κ2) is 9.94. The van der Waals surface area contributed by atoms with Crippen LogP contribution >= 0.6 is 0 Å². The van der Waals surface area contributed by atoms with Crippen LogP contribution in [0.1, 0.15) is 105 Å². The predicted molar refractivity (Wildman–Crippen MR) is 102 cm³/mol. The van der Waals surface area contributed by atoms with Crippen molar-refractivity contribution in [1.82, 2.24) is 0 Å². The third kappa shape index (κ3) is 7.29. The lowest BCUT2D eigenvalue weighted by atomic mass is 9.83. The molecule has 0 amide bonds. The van der Waals surface area contributed by atoms with Crippen molar-refractivity contribution in [2.75, 3.05) is 0 Å². The molecule has 0 N–H and O–H groups in total. The van der Waals surface area contributed by atoms with Gasteiger partial charge in [-0.1, -0.05) is 66.2 Å². The molecule has 0 bridgehead atoms. The Kier molecular flexibility index (Phi) is 8.25. The van der Waals surface area contributed by atoms with Gasteiger partial charge in [0.2, 0.25) is 6.29 Å². The van der Waals surface area contributed by atoms with Gasteiger partial charge in [-0.25, -0.2) is 0 Å². The highest BCUT2D eigenvalue weighted by atomic mass is 16.7. The summed E-state index contributed by atoms with van der Waals surface area (Å²) < 4.78 is 12.4. The lowest BCUT2D eigenvalue weighted by molar-refractivity contribution is -0.215. The van der Waals surface area contributed by atoms with E-state index in [4.69, 9.17) is 9.47 Å². The van der Waals surface area contributed by atoms with E-state index in [0.29, 0.717) is 5.92 Å². The van der Waals surface area contributed by atoms with Gasteiger partial charge in [0, 0.05) is 5.92 Å². The van der Waals surface area contributed by atoms with Gasteiger partial charge in [0.05, 0.1) is 12.0 Å². The quantitative estimate of drug-likeness (QED) is 0.401. The van der Waals surface area contributed by atoms with Crippen LogP contribution in [-0.4, -0.2) is 18.4 Å².